The fraction of sp³-hybridized carbons (Fsp3) is 0.727. The van der Waals surface area contributed by atoms with E-state index in [0.717, 1.165) is 25.5 Å². The van der Waals surface area contributed by atoms with E-state index in [1.165, 1.54) is 0 Å². The van der Waals surface area contributed by atoms with E-state index < -0.39 is 11.9 Å². The maximum atomic E-state index is 12.6. The van der Waals surface area contributed by atoms with Crippen LogP contribution in [0.1, 0.15) is 31.0 Å². The summed E-state index contributed by atoms with van der Waals surface area (Å²) < 4.78 is 45.1. The van der Waals surface area contributed by atoms with E-state index in [1.807, 2.05) is 0 Å². The lowest BCUT2D eigenvalue weighted by Gasteiger charge is -2.29. The Kier molecular flexibility index (Phi) is 2.73. The zero-order chi connectivity index (χ0) is 12.8. The summed E-state index contributed by atoms with van der Waals surface area (Å²) in [6.45, 7) is 1.34. The second kappa shape index (κ2) is 4.15. The second-order valence-electron chi connectivity index (χ2n) is 4.69. The molecule has 0 spiro atoms. The van der Waals surface area contributed by atoms with Gasteiger partial charge in [-0.25, -0.2) is 4.98 Å². The lowest BCUT2D eigenvalue weighted by Crippen LogP contribution is -2.30. The van der Waals surface area contributed by atoms with Gasteiger partial charge in [-0.1, -0.05) is 0 Å². The molecule has 100 valence electrons. The average Bonchev–Trinajstić information content (AvgIpc) is 2.96. The maximum Gasteiger partial charge on any atom is 0.434 e. The molecule has 7 heteroatoms. The van der Waals surface area contributed by atoms with Crippen molar-refractivity contribution < 1.29 is 17.9 Å². The number of aromatic nitrogens is 2. The molecule has 0 saturated carbocycles. The van der Waals surface area contributed by atoms with E-state index in [9.17, 15) is 13.2 Å². The number of anilines is 1. The lowest BCUT2D eigenvalue weighted by atomic mass is 10.0. The zero-order valence-corrected chi connectivity index (χ0v) is 9.70. The molecule has 1 aromatic heterocycles. The summed E-state index contributed by atoms with van der Waals surface area (Å²) >= 11 is 0. The first-order chi connectivity index (χ1) is 8.55. The predicted molar refractivity (Wildman–Crippen MR) is 58.3 cm³/mol. The molecular formula is C11H14F3N3O. The second-order valence-corrected chi connectivity index (χ2v) is 4.69. The molecule has 1 saturated heterocycles. The largest absolute Gasteiger partial charge is 0.434 e. The number of hydrogen-bond acceptors (Lipinski definition) is 3. The molecule has 0 amide bonds. The van der Waals surface area contributed by atoms with Gasteiger partial charge in [-0.15, -0.1) is 0 Å². The number of alkyl halides is 3. The molecule has 0 aliphatic carbocycles. The first kappa shape index (κ1) is 11.8. The number of hydrogen-bond donors (Lipinski definition) is 1. The summed E-state index contributed by atoms with van der Waals surface area (Å²) in [5.74, 6) is 0.300. The Bertz CT molecular complexity index is 437. The van der Waals surface area contributed by atoms with Gasteiger partial charge in [0.1, 0.15) is 0 Å². The topological polar surface area (TPSA) is 39.1 Å². The highest BCUT2D eigenvalue weighted by molar-refractivity contribution is 5.33. The van der Waals surface area contributed by atoms with E-state index in [2.05, 4.69) is 10.3 Å². The molecule has 0 radical (unpaired) electrons. The zero-order valence-electron chi connectivity index (χ0n) is 9.70. The molecule has 0 bridgehead atoms. The molecule has 1 N–H and O–H groups in total. The van der Waals surface area contributed by atoms with Gasteiger partial charge in [0, 0.05) is 19.3 Å². The Morgan fingerprint density at radius 3 is 2.89 bits per heavy atom. The van der Waals surface area contributed by atoms with Crippen LogP contribution in [-0.2, 0) is 10.9 Å². The molecular weight excluding hydrogens is 247 g/mol. The van der Waals surface area contributed by atoms with Gasteiger partial charge in [0.05, 0.1) is 12.1 Å². The number of fused-ring (bicyclic) bond motifs is 1. The van der Waals surface area contributed by atoms with Crippen molar-refractivity contribution in [2.24, 2.45) is 0 Å². The van der Waals surface area contributed by atoms with Crippen molar-refractivity contribution in [2.45, 2.75) is 37.6 Å². The van der Waals surface area contributed by atoms with Crippen molar-refractivity contribution in [1.82, 2.24) is 9.55 Å². The Morgan fingerprint density at radius 1 is 1.39 bits per heavy atom. The van der Waals surface area contributed by atoms with Crippen LogP contribution in [0.2, 0.25) is 0 Å². The Morgan fingerprint density at radius 2 is 2.22 bits per heavy atom. The van der Waals surface area contributed by atoms with Crippen LogP contribution in [0.15, 0.2) is 6.20 Å². The van der Waals surface area contributed by atoms with E-state index in [-0.39, 0.29) is 12.1 Å². The van der Waals surface area contributed by atoms with Gasteiger partial charge in [-0.2, -0.15) is 13.2 Å². The average molecular weight is 261 g/mol. The third kappa shape index (κ3) is 1.96. The molecule has 4 nitrogen and oxygen atoms in total. The van der Waals surface area contributed by atoms with Crippen LogP contribution >= 0.6 is 0 Å². The summed E-state index contributed by atoms with van der Waals surface area (Å²) in [6.07, 6.45) is -0.637. The van der Waals surface area contributed by atoms with Crippen molar-refractivity contribution in [1.29, 1.82) is 0 Å². The minimum atomic E-state index is -4.40. The fourth-order valence-electron chi connectivity index (χ4n) is 2.66. The molecule has 2 aliphatic heterocycles. The number of halogens is 3. The summed E-state index contributed by atoms with van der Waals surface area (Å²) in [7, 11) is 0. The summed E-state index contributed by atoms with van der Waals surface area (Å²) in [5.41, 5.74) is -0.838. The first-order valence-electron chi connectivity index (χ1n) is 6.07. The Hall–Kier alpha value is -1.24. The normalized spacial score (nSPS) is 27.9. The van der Waals surface area contributed by atoms with Crippen LogP contribution in [0, 0.1) is 0 Å². The lowest BCUT2D eigenvalue weighted by molar-refractivity contribution is -0.140. The highest BCUT2D eigenvalue weighted by atomic mass is 19.4. The molecule has 1 aromatic rings. The van der Waals surface area contributed by atoms with Gasteiger partial charge >= 0.3 is 6.18 Å². The summed E-state index contributed by atoms with van der Waals surface area (Å²) in [6, 6.07) is -0.0349. The fourth-order valence-corrected chi connectivity index (χ4v) is 2.66. The third-order valence-electron chi connectivity index (χ3n) is 3.50. The quantitative estimate of drug-likeness (QED) is 0.844. The third-order valence-corrected chi connectivity index (χ3v) is 3.50. The molecule has 2 aliphatic rings. The number of nitrogens with one attached hydrogen (secondary N) is 1. The van der Waals surface area contributed by atoms with Crippen molar-refractivity contribution in [3.63, 3.8) is 0 Å². The first-order valence-corrected chi connectivity index (χ1v) is 6.07. The van der Waals surface area contributed by atoms with E-state index in [4.69, 9.17) is 4.74 Å². The summed E-state index contributed by atoms with van der Waals surface area (Å²) in [5, 5.41) is 2.90. The van der Waals surface area contributed by atoms with Gasteiger partial charge in [0.25, 0.3) is 0 Å². The van der Waals surface area contributed by atoms with Gasteiger partial charge in [-0.3, -0.25) is 0 Å². The molecule has 0 aromatic carbocycles. The number of rotatable bonds is 1. The number of nitrogens with zero attached hydrogens (tertiary/aromatic N) is 2. The monoisotopic (exact) mass is 261 g/mol. The van der Waals surface area contributed by atoms with Crippen LogP contribution in [-0.4, -0.2) is 28.8 Å². The van der Waals surface area contributed by atoms with E-state index >= 15 is 0 Å². The Labute approximate surface area is 102 Å². The van der Waals surface area contributed by atoms with Gasteiger partial charge in [-0.05, 0) is 19.3 Å². The van der Waals surface area contributed by atoms with Crippen molar-refractivity contribution in [2.75, 3.05) is 18.5 Å². The SMILES string of the molecule is FC(F)(F)c1cn2c(n1)NCCC2C1CCCO1. The minimum absolute atomic E-state index is 0.0149. The van der Waals surface area contributed by atoms with E-state index in [1.54, 1.807) is 4.57 Å². The smallest absolute Gasteiger partial charge is 0.376 e. The molecule has 1 fully saturated rings. The van der Waals surface area contributed by atoms with Crippen molar-refractivity contribution in [3.8, 4) is 0 Å². The summed E-state index contributed by atoms with van der Waals surface area (Å²) in [4.78, 5) is 3.61. The van der Waals surface area contributed by atoms with Crippen LogP contribution < -0.4 is 5.32 Å². The standard InChI is InChI=1S/C11H14F3N3O/c12-11(13,14)9-6-17-7(8-2-1-5-18-8)3-4-15-10(17)16-9/h6-8H,1-5H2,(H,15,16). The molecule has 2 unspecified atom stereocenters. The molecule has 3 heterocycles. The van der Waals surface area contributed by atoms with Gasteiger partial charge in [0.2, 0.25) is 5.95 Å². The van der Waals surface area contributed by atoms with Crippen molar-refractivity contribution >= 4 is 5.95 Å². The van der Waals surface area contributed by atoms with Crippen LogP contribution in [0.3, 0.4) is 0 Å². The van der Waals surface area contributed by atoms with E-state index in [0.29, 0.717) is 19.1 Å². The minimum Gasteiger partial charge on any atom is -0.376 e. The number of ether oxygens (including phenoxy) is 1. The molecule has 3 rings (SSSR count). The highest BCUT2D eigenvalue weighted by Gasteiger charge is 2.38. The van der Waals surface area contributed by atoms with Crippen LogP contribution in [0.4, 0.5) is 19.1 Å². The number of imidazole rings is 1. The van der Waals surface area contributed by atoms with Crippen LogP contribution in [0.5, 0.6) is 0 Å². The molecule has 18 heavy (non-hydrogen) atoms. The highest BCUT2D eigenvalue weighted by Crippen LogP contribution is 2.36. The van der Waals surface area contributed by atoms with Crippen molar-refractivity contribution in [3.05, 3.63) is 11.9 Å². The van der Waals surface area contributed by atoms with Crippen LogP contribution in [0.25, 0.3) is 0 Å². The maximum absolute atomic E-state index is 12.6. The van der Waals surface area contributed by atoms with Gasteiger partial charge < -0.3 is 14.6 Å². The van der Waals surface area contributed by atoms with Gasteiger partial charge in [0.15, 0.2) is 5.69 Å². The Balaban J connectivity index is 1.92. The molecule has 2 atom stereocenters. The predicted octanol–water partition coefficient (Wildman–Crippen LogP) is 2.44.